The van der Waals surface area contributed by atoms with Gasteiger partial charge in [0.1, 0.15) is 5.82 Å². The van der Waals surface area contributed by atoms with Gasteiger partial charge in [0.15, 0.2) is 0 Å². The first-order chi connectivity index (χ1) is 11.8. The average Bonchev–Trinajstić information content (AvgIpc) is 2.56. The van der Waals surface area contributed by atoms with Crippen LogP contribution in [-0.4, -0.2) is 23.1 Å². The predicted octanol–water partition coefficient (Wildman–Crippen LogP) is 5.19. The summed E-state index contributed by atoms with van der Waals surface area (Å²) in [5, 5.41) is 2.80. The quantitative estimate of drug-likeness (QED) is 0.807. The number of nitrogens with zero attached hydrogens (tertiary/aromatic N) is 3. The first-order valence-corrected chi connectivity index (χ1v) is 8.45. The number of rotatable bonds is 3. The van der Waals surface area contributed by atoms with E-state index in [1.165, 1.54) is 18.6 Å². The van der Waals surface area contributed by atoms with Gasteiger partial charge in [0.05, 0.1) is 11.3 Å². The Morgan fingerprint density at radius 2 is 1.80 bits per heavy atom. The van der Waals surface area contributed by atoms with Gasteiger partial charge in [-0.15, -0.1) is 0 Å². The molecule has 25 heavy (non-hydrogen) atoms. The van der Waals surface area contributed by atoms with Crippen molar-refractivity contribution in [1.29, 1.82) is 0 Å². The number of aromatic nitrogens is 2. The number of nitrogens with one attached hydrogen (secondary N) is 1. The third-order valence-corrected chi connectivity index (χ3v) is 4.27. The lowest BCUT2D eigenvalue weighted by atomic mass is 10.1. The Bertz CT molecular complexity index is 758. The van der Waals surface area contributed by atoms with Crippen molar-refractivity contribution in [3.63, 3.8) is 0 Å². The Hall–Kier alpha value is -2.02. The van der Waals surface area contributed by atoms with Crippen molar-refractivity contribution in [3.05, 3.63) is 40.5 Å². The van der Waals surface area contributed by atoms with Gasteiger partial charge < -0.3 is 10.2 Å². The molecule has 1 N–H and O–H groups in total. The number of aryl methyl sites for hydroxylation is 1. The van der Waals surface area contributed by atoms with E-state index in [2.05, 4.69) is 20.2 Å². The summed E-state index contributed by atoms with van der Waals surface area (Å²) in [6.07, 6.45) is -1.21. The monoisotopic (exact) mass is 370 g/mol. The van der Waals surface area contributed by atoms with Gasteiger partial charge in [-0.3, -0.25) is 0 Å². The highest BCUT2D eigenvalue weighted by atomic mass is 35.5. The minimum absolute atomic E-state index is 0.0331. The molecule has 0 bridgehead atoms. The second-order valence-corrected chi connectivity index (χ2v) is 6.49. The maximum Gasteiger partial charge on any atom is 0.418 e. The van der Waals surface area contributed by atoms with Crippen LogP contribution in [0.3, 0.4) is 0 Å². The molecule has 1 aliphatic heterocycles. The fourth-order valence-corrected chi connectivity index (χ4v) is 3.02. The first kappa shape index (κ1) is 17.8. The minimum Gasteiger partial charge on any atom is -0.341 e. The molecule has 8 heteroatoms. The van der Waals surface area contributed by atoms with Gasteiger partial charge in [0.25, 0.3) is 0 Å². The van der Waals surface area contributed by atoms with Crippen molar-refractivity contribution < 1.29 is 13.2 Å². The van der Waals surface area contributed by atoms with Crippen molar-refractivity contribution in [1.82, 2.24) is 9.97 Å². The zero-order valence-electron chi connectivity index (χ0n) is 13.7. The molecule has 2 aromatic rings. The molecule has 1 aromatic carbocycles. The molecule has 1 saturated heterocycles. The van der Waals surface area contributed by atoms with Crippen LogP contribution in [0.5, 0.6) is 0 Å². The zero-order valence-corrected chi connectivity index (χ0v) is 14.5. The highest BCUT2D eigenvalue weighted by Crippen LogP contribution is 2.37. The number of anilines is 3. The fourth-order valence-electron chi connectivity index (χ4n) is 2.85. The van der Waals surface area contributed by atoms with Crippen LogP contribution in [0.25, 0.3) is 0 Å². The maximum atomic E-state index is 13.2. The molecule has 0 amide bonds. The van der Waals surface area contributed by atoms with Gasteiger partial charge in [-0.1, -0.05) is 11.6 Å². The summed E-state index contributed by atoms with van der Waals surface area (Å²) >= 11 is 5.72. The summed E-state index contributed by atoms with van der Waals surface area (Å²) in [6, 6.07) is 5.26. The molecule has 1 fully saturated rings. The number of benzene rings is 1. The molecule has 3 rings (SSSR count). The Kier molecular flexibility index (Phi) is 5.03. The van der Waals surface area contributed by atoms with E-state index in [1.807, 2.05) is 0 Å². The SMILES string of the molecule is Cc1cc(Nc2ccc(Cl)cc2C(F)(F)F)nc(N2CCCCC2)n1. The van der Waals surface area contributed by atoms with Crippen molar-refractivity contribution in [2.24, 2.45) is 0 Å². The van der Waals surface area contributed by atoms with Crippen LogP contribution in [0, 0.1) is 6.92 Å². The summed E-state index contributed by atoms with van der Waals surface area (Å²) in [4.78, 5) is 10.9. The number of halogens is 4. The van der Waals surface area contributed by atoms with E-state index >= 15 is 0 Å². The third kappa shape index (κ3) is 4.34. The lowest BCUT2D eigenvalue weighted by Gasteiger charge is -2.27. The molecule has 4 nitrogen and oxygen atoms in total. The molecule has 0 spiro atoms. The summed E-state index contributed by atoms with van der Waals surface area (Å²) in [7, 11) is 0. The van der Waals surface area contributed by atoms with Crippen LogP contribution in [0.15, 0.2) is 24.3 Å². The summed E-state index contributed by atoms with van der Waals surface area (Å²) in [5.41, 5.74) is -0.212. The normalized spacial score (nSPS) is 15.3. The second-order valence-electron chi connectivity index (χ2n) is 6.05. The van der Waals surface area contributed by atoms with E-state index in [0.29, 0.717) is 17.5 Å². The Balaban J connectivity index is 1.92. The highest BCUT2D eigenvalue weighted by molar-refractivity contribution is 6.30. The molecule has 2 heterocycles. The summed E-state index contributed by atoms with van der Waals surface area (Å²) in [5.74, 6) is 0.880. The number of hydrogen-bond donors (Lipinski definition) is 1. The van der Waals surface area contributed by atoms with Crippen molar-refractivity contribution in [2.45, 2.75) is 32.4 Å². The molecule has 0 unspecified atom stereocenters. The van der Waals surface area contributed by atoms with Gasteiger partial charge in [-0.2, -0.15) is 18.2 Å². The molecule has 0 radical (unpaired) electrons. The molecule has 0 atom stereocenters. The van der Waals surface area contributed by atoms with Crippen LogP contribution < -0.4 is 10.2 Å². The van der Waals surface area contributed by atoms with Gasteiger partial charge in [-0.05, 0) is 44.4 Å². The molecule has 134 valence electrons. The summed E-state index contributed by atoms with van der Waals surface area (Å²) in [6.45, 7) is 3.52. The zero-order chi connectivity index (χ0) is 18.0. The Labute approximate surface area is 149 Å². The van der Waals surface area contributed by atoms with Crippen LogP contribution in [-0.2, 0) is 6.18 Å². The minimum atomic E-state index is -4.51. The maximum absolute atomic E-state index is 13.2. The first-order valence-electron chi connectivity index (χ1n) is 8.07. The molecule has 1 aliphatic rings. The number of alkyl halides is 3. The summed E-state index contributed by atoms with van der Waals surface area (Å²) < 4.78 is 39.7. The molecular formula is C17H18ClF3N4. The van der Waals surface area contributed by atoms with Gasteiger partial charge in [-0.25, -0.2) is 4.98 Å². The van der Waals surface area contributed by atoms with E-state index in [9.17, 15) is 13.2 Å². The largest absolute Gasteiger partial charge is 0.418 e. The highest BCUT2D eigenvalue weighted by Gasteiger charge is 2.34. The van der Waals surface area contributed by atoms with E-state index in [4.69, 9.17) is 11.6 Å². The van der Waals surface area contributed by atoms with Crippen molar-refractivity contribution in [3.8, 4) is 0 Å². The van der Waals surface area contributed by atoms with E-state index in [1.54, 1.807) is 13.0 Å². The van der Waals surface area contributed by atoms with Gasteiger partial charge in [0.2, 0.25) is 5.95 Å². The van der Waals surface area contributed by atoms with Gasteiger partial charge >= 0.3 is 6.18 Å². The standard InChI is InChI=1S/C17H18ClF3N4/c1-11-9-15(24-16(22-11)25-7-3-2-4-8-25)23-14-6-5-12(18)10-13(14)17(19,20)21/h5-6,9-10H,2-4,7-8H2,1H3,(H,22,23,24). The van der Waals surface area contributed by atoms with E-state index < -0.39 is 11.7 Å². The van der Waals surface area contributed by atoms with Crippen molar-refractivity contribution >= 4 is 29.1 Å². The van der Waals surface area contributed by atoms with Crippen molar-refractivity contribution in [2.75, 3.05) is 23.3 Å². The molecular weight excluding hydrogens is 353 g/mol. The second kappa shape index (κ2) is 7.07. The topological polar surface area (TPSA) is 41.1 Å². The smallest absolute Gasteiger partial charge is 0.341 e. The average molecular weight is 371 g/mol. The lowest BCUT2D eigenvalue weighted by Crippen LogP contribution is -2.31. The Morgan fingerprint density at radius 1 is 1.08 bits per heavy atom. The lowest BCUT2D eigenvalue weighted by molar-refractivity contribution is -0.136. The Morgan fingerprint density at radius 3 is 2.48 bits per heavy atom. The predicted molar refractivity (Wildman–Crippen MR) is 92.6 cm³/mol. The fraction of sp³-hybridized carbons (Fsp3) is 0.412. The third-order valence-electron chi connectivity index (χ3n) is 4.03. The van der Waals surface area contributed by atoms with Crippen LogP contribution in [0.2, 0.25) is 5.02 Å². The molecule has 0 aliphatic carbocycles. The van der Waals surface area contributed by atoms with Crippen LogP contribution >= 0.6 is 11.6 Å². The molecule has 1 aromatic heterocycles. The van der Waals surface area contributed by atoms with Crippen LogP contribution in [0.1, 0.15) is 30.5 Å². The number of piperidine rings is 1. The van der Waals surface area contributed by atoms with Gasteiger partial charge in [0, 0.05) is 29.9 Å². The van der Waals surface area contributed by atoms with E-state index in [0.717, 1.165) is 32.0 Å². The number of hydrogen-bond acceptors (Lipinski definition) is 4. The van der Waals surface area contributed by atoms with Crippen LogP contribution in [0.4, 0.5) is 30.6 Å². The molecule has 0 saturated carbocycles. The van der Waals surface area contributed by atoms with E-state index in [-0.39, 0.29) is 10.7 Å².